The summed E-state index contributed by atoms with van der Waals surface area (Å²) in [5.74, 6) is -0.727. The molecule has 1 aliphatic heterocycles. The Morgan fingerprint density at radius 3 is 2.56 bits per heavy atom. The van der Waals surface area contributed by atoms with Gasteiger partial charge in [-0.2, -0.15) is 10.4 Å². The van der Waals surface area contributed by atoms with Gasteiger partial charge in [0.1, 0.15) is 5.69 Å². The third kappa shape index (κ3) is 4.60. The maximum Gasteiger partial charge on any atom is 0.277 e. The molecular formula is C28H24N6O2. The van der Waals surface area contributed by atoms with Crippen LogP contribution < -0.4 is 16.0 Å². The number of hydrogen-bond donors (Lipinski definition) is 2. The number of nitrogens with two attached hydrogens (primary N) is 1. The van der Waals surface area contributed by atoms with E-state index >= 15 is 0 Å². The van der Waals surface area contributed by atoms with Crippen LogP contribution in [0, 0.1) is 11.3 Å². The average molecular weight is 477 g/mol. The van der Waals surface area contributed by atoms with Gasteiger partial charge in [-0.3, -0.25) is 14.3 Å². The van der Waals surface area contributed by atoms with Gasteiger partial charge in [0.15, 0.2) is 0 Å². The van der Waals surface area contributed by atoms with Crippen LogP contribution in [0.4, 0.5) is 11.4 Å². The highest BCUT2D eigenvalue weighted by Gasteiger charge is 2.32. The number of carbonyl (C=O) groups is 2. The smallest absolute Gasteiger partial charge is 0.277 e. The minimum atomic E-state index is -0.448. The van der Waals surface area contributed by atoms with Crippen molar-refractivity contribution in [3.63, 3.8) is 0 Å². The molecule has 2 heterocycles. The quantitative estimate of drug-likeness (QED) is 0.440. The summed E-state index contributed by atoms with van der Waals surface area (Å²) in [6.07, 6.45) is 2.19. The second kappa shape index (κ2) is 9.86. The number of nitriles is 1. The van der Waals surface area contributed by atoms with Crippen molar-refractivity contribution < 1.29 is 9.59 Å². The van der Waals surface area contributed by atoms with Gasteiger partial charge in [-0.15, -0.1) is 0 Å². The fourth-order valence-corrected chi connectivity index (χ4v) is 4.38. The van der Waals surface area contributed by atoms with Gasteiger partial charge in [0.25, 0.3) is 11.8 Å². The molecule has 0 unspecified atom stereocenters. The van der Waals surface area contributed by atoms with E-state index in [0.29, 0.717) is 30.9 Å². The van der Waals surface area contributed by atoms with Gasteiger partial charge in [0.2, 0.25) is 0 Å². The maximum atomic E-state index is 13.4. The van der Waals surface area contributed by atoms with E-state index in [0.717, 1.165) is 23.2 Å². The molecule has 0 saturated heterocycles. The molecule has 0 atom stereocenters. The van der Waals surface area contributed by atoms with Crippen LogP contribution in [0.5, 0.6) is 0 Å². The lowest BCUT2D eigenvalue weighted by atomic mass is 10.0. The van der Waals surface area contributed by atoms with Crippen LogP contribution in [0.25, 0.3) is 0 Å². The van der Waals surface area contributed by atoms with Crippen LogP contribution in [-0.4, -0.2) is 28.1 Å². The predicted octanol–water partition coefficient (Wildman–Crippen LogP) is 3.72. The molecule has 0 radical (unpaired) electrons. The molecule has 3 N–H and O–H groups in total. The summed E-state index contributed by atoms with van der Waals surface area (Å²) in [5, 5.41) is 16.1. The number of fused-ring (bicyclic) bond motifs is 1. The number of aromatic nitrogens is 2. The van der Waals surface area contributed by atoms with E-state index in [2.05, 4.69) is 22.5 Å². The van der Waals surface area contributed by atoms with E-state index < -0.39 is 5.91 Å². The molecule has 36 heavy (non-hydrogen) atoms. The Hall–Kier alpha value is -4.74. The Bertz CT molecular complexity index is 1480. The van der Waals surface area contributed by atoms with Gasteiger partial charge >= 0.3 is 0 Å². The molecule has 4 aromatic rings. The molecular weight excluding hydrogens is 452 g/mol. The number of anilines is 2. The van der Waals surface area contributed by atoms with E-state index in [1.165, 1.54) is 11.8 Å². The highest BCUT2D eigenvalue weighted by atomic mass is 16.2. The summed E-state index contributed by atoms with van der Waals surface area (Å²) < 4.78 is 1.57. The summed E-state index contributed by atoms with van der Waals surface area (Å²) in [4.78, 5) is 28.1. The van der Waals surface area contributed by atoms with Crippen LogP contribution in [0.3, 0.4) is 0 Å². The number of nitrogens with zero attached hydrogens (tertiary/aromatic N) is 4. The first-order chi connectivity index (χ1) is 17.6. The second-order valence-electron chi connectivity index (χ2n) is 8.60. The van der Waals surface area contributed by atoms with E-state index in [9.17, 15) is 9.59 Å². The molecule has 0 fully saturated rings. The molecule has 8 heteroatoms. The lowest BCUT2D eigenvalue weighted by Gasteiger charge is -2.28. The van der Waals surface area contributed by atoms with Gasteiger partial charge in [0.05, 0.1) is 29.9 Å². The van der Waals surface area contributed by atoms with Crippen molar-refractivity contribution in [3.05, 3.63) is 113 Å². The average Bonchev–Trinajstić information content (AvgIpc) is 3.35. The maximum absolute atomic E-state index is 13.4. The third-order valence-corrected chi connectivity index (χ3v) is 6.20. The van der Waals surface area contributed by atoms with E-state index in [4.69, 9.17) is 11.0 Å². The van der Waals surface area contributed by atoms with E-state index in [1.54, 1.807) is 33.8 Å². The topological polar surface area (TPSA) is 117 Å². The van der Waals surface area contributed by atoms with Gasteiger partial charge < -0.3 is 16.0 Å². The molecule has 1 aromatic heterocycles. The van der Waals surface area contributed by atoms with Crippen LogP contribution in [-0.2, 0) is 19.5 Å². The third-order valence-electron chi connectivity index (χ3n) is 6.20. The molecule has 1 aliphatic rings. The number of hydrogen-bond acceptors (Lipinski definition) is 5. The summed E-state index contributed by atoms with van der Waals surface area (Å²) in [5.41, 5.74) is 11.3. The number of nitrogens with one attached hydrogen (secondary N) is 1. The van der Waals surface area contributed by atoms with Gasteiger partial charge in [-0.1, -0.05) is 42.5 Å². The number of carbonyl (C=O) groups excluding carboxylic acids is 2. The molecule has 2 amide bonds. The van der Waals surface area contributed by atoms with E-state index in [-0.39, 0.29) is 17.2 Å². The minimum Gasteiger partial charge on any atom is -0.326 e. The molecule has 3 aromatic carbocycles. The molecule has 8 nitrogen and oxygen atoms in total. The standard InChI is InChI=1S/C28H24N6O2/c29-16-21-4-1-3-20(14-21)13-19-7-9-24(10-8-19)33-11-12-34-26(28(33)36)25(18-31-34)27(35)32-23-6-2-5-22(15-23)17-30/h1-10,14-15,18H,11-13,16,29H2,(H,32,35). The minimum absolute atomic E-state index is 0.198. The summed E-state index contributed by atoms with van der Waals surface area (Å²) >= 11 is 0. The number of amides is 2. The van der Waals surface area contributed by atoms with E-state index in [1.807, 2.05) is 42.5 Å². The highest BCUT2D eigenvalue weighted by Crippen LogP contribution is 2.25. The zero-order valence-corrected chi connectivity index (χ0v) is 19.5. The fraction of sp³-hybridized carbons (Fsp3) is 0.143. The Labute approximate surface area is 208 Å². The molecule has 0 saturated carbocycles. The molecule has 178 valence electrons. The zero-order valence-electron chi connectivity index (χ0n) is 19.5. The second-order valence-corrected chi connectivity index (χ2v) is 8.60. The molecule has 5 rings (SSSR count). The van der Waals surface area contributed by atoms with Crippen LogP contribution in [0.2, 0.25) is 0 Å². The van der Waals surface area contributed by atoms with Crippen molar-refractivity contribution in [2.75, 3.05) is 16.8 Å². The summed E-state index contributed by atoms with van der Waals surface area (Å²) in [6, 6.07) is 24.7. The number of benzene rings is 3. The van der Waals surface area contributed by atoms with Crippen molar-refractivity contribution >= 4 is 23.2 Å². The highest BCUT2D eigenvalue weighted by molar-refractivity contribution is 6.15. The Morgan fingerprint density at radius 2 is 1.78 bits per heavy atom. The Kier molecular flexibility index (Phi) is 6.31. The predicted molar refractivity (Wildman–Crippen MR) is 137 cm³/mol. The van der Waals surface area contributed by atoms with Crippen molar-refractivity contribution in [2.45, 2.75) is 19.5 Å². The van der Waals surface area contributed by atoms with Crippen LogP contribution in [0.1, 0.15) is 43.1 Å². The van der Waals surface area contributed by atoms with Gasteiger partial charge in [0, 0.05) is 24.5 Å². The van der Waals surface area contributed by atoms with Crippen molar-refractivity contribution in [3.8, 4) is 6.07 Å². The number of rotatable bonds is 6. The van der Waals surface area contributed by atoms with Crippen LogP contribution in [0.15, 0.2) is 79.0 Å². The summed E-state index contributed by atoms with van der Waals surface area (Å²) in [6.45, 7) is 1.44. The lowest BCUT2D eigenvalue weighted by Crippen LogP contribution is -2.41. The monoisotopic (exact) mass is 476 g/mol. The molecule has 0 aliphatic carbocycles. The summed E-state index contributed by atoms with van der Waals surface area (Å²) in [7, 11) is 0. The Morgan fingerprint density at radius 1 is 1.00 bits per heavy atom. The first-order valence-electron chi connectivity index (χ1n) is 11.6. The van der Waals surface area contributed by atoms with Crippen molar-refractivity contribution in [1.82, 2.24) is 9.78 Å². The fourth-order valence-electron chi connectivity index (χ4n) is 4.38. The first kappa shape index (κ1) is 23.0. The lowest BCUT2D eigenvalue weighted by molar-refractivity contribution is 0.0947. The first-order valence-corrected chi connectivity index (χ1v) is 11.6. The van der Waals surface area contributed by atoms with Gasteiger partial charge in [-0.05, 0) is 53.4 Å². The SMILES string of the molecule is N#Cc1cccc(NC(=O)c2cnn3c2C(=O)N(c2ccc(Cc4cccc(CN)c4)cc2)CC3)c1. The zero-order chi connectivity index (χ0) is 25.1. The normalized spacial score (nSPS) is 12.7. The largest absolute Gasteiger partial charge is 0.326 e. The van der Waals surface area contributed by atoms with Crippen molar-refractivity contribution in [1.29, 1.82) is 5.26 Å². The molecule has 0 bridgehead atoms. The van der Waals surface area contributed by atoms with Crippen LogP contribution >= 0.6 is 0 Å². The van der Waals surface area contributed by atoms with Crippen molar-refractivity contribution in [2.24, 2.45) is 5.73 Å². The van der Waals surface area contributed by atoms with Gasteiger partial charge in [-0.25, -0.2) is 0 Å². The molecule has 0 spiro atoms. The Balaban J connectivity index is 1.33.